The molecule has 2 aromatic heterocycles. The average Bonchev–Trinajstić information content (AvgIpc) is 2.74. The molecular formula is C14H13N3. The molecule has 3 rings (SSSR count). The van der Waals surface area contributed by atoms with E-state index >= 15 is 0 Å². The van der Waals surface area contributed by atoms with Crippen LogP contribution in [0.2, 0.25) is 0 Å². The quantitative estimate of drug-likeness (QED) is 0.634. The Balaban J connectivity index is 2.32. The van der Waals surface area contributed by atoms with E-state index in [0.29, 0.717) is 0 Å². The summed E-state index contributed by atoms with van der Waals surface area (Å²) in [6, 6.07) is 12.3. The first-order valence-corrected chi connectivity index (χ1v) is 5.63. The molecule has 0 atom stereocenters. The second-order valence-corrected chi connectivity index (χ2v) is 4.11. The van der Waals surface area contributed by atoms with Crippen molar-refractivity contribution in [3.63, 3.8) is 0 Å². The summed E-state index contributed by atoms with van der Waals surface area (Å²) < 4.78 is 2.09. The van der Waals surface area contributed by atoms with Gasteiger partial charge in [-0.05, 0) is 32.0 Å². The molecule has 17 heavy (non-hydrogen) atoms. The van der Waals surface area contributed by atoms with Gasteiger partial charge in [-0.3, -0.25) is 0 Å². The molecule has 0 N–H and O–H groups in total. The van der Waals surface area contributed by atoms with Gasteiger partial charge < -0.3 is 4.57 Å². The van der Waals surface area contributed by atoms with E-state index in [4.69, 9.17) is 0 Å². The second kappa shape index (κ2) is 3.70. The van der Waals surface area contributed by atoms with Gasteiger partial charge in [-0.15, -0.1) is 0 Å². The minimum Gasteiger partial charge on any atom is -0.301 e. The van der Waals surface area contributed by atoms with Crippen molar-refractivity contribution in [3.8, 4) is 5.69 Å². The van der Waals surface area contributed by atoms with Gasteiger partial charge in [0.15, 0.2) is 0 Å². The van der Waals surface area contributed by atoms with Crippen molar-refractivity contribution < 1.29 is 0 Å². The zero-order valence-corrected chi connectivity index (χ0v) is 9.88. The number of hydrogen-bond donors (Lipinski definition) is 0. The van der Waals surface area contributed by atoms with Crippen LogP contribution >= 0.6 is 0 Å². The van der Waals surface area contributed by atoms with E-state index in [0.717, 1.165) is 28.2 Å². The molecule has 0 bridgehead atoms. The van der Waals surface area contributed by atoms with Gasteiger partial charge in [-0.1, -0.05) is 18.2 Å². The average molecular weight is 223 g/mol. The molecule has 0 spiro atoms. The smallest absolute Gasteiger partial charge is 0.148 e. The van der Waals surface area contributed by atoms with Crippen molar-refractivity contribution in [3.05, 3.63) is 54.1 Å². The zero-order chi connectivity index (χ0) is 11.8. The summed E-state index contributed by atoms with van der Waals surface area (Å²) in [6.45, 7) is 3.95. The van der Waals surface area contributed by atoms with Crippen molar-refractivity contribution in [2.45, 2.75) is 13.8 Å². The van der Waals surface area contributed by atoms with Gasteiger partial charge in [0.1, 0.15) is 11.5 Å². The van der Waals surface area contributed by atoms with E-state index in [2.05, 4.69) is 32.7 Å². The van der Waals surface area contributed by atoms with Gasteiger partial charge in [0, 0.05) is 17.3 Å². The molecule has 0 aliphatic rings. The van der Waals surface area contributed by atoms with Crippen molar-refractivity contribution in [2.75, 3.05) is 0 Å². The number of fused-ring (bicyclic) bond motifs is 1. The SMILES string of the molecule is Cc1nc(C)c2ccn(-c3ccccc3)c2n1. The van der Waals surface area contributed by atoms with E-state index in [1.807, 2.05) is 38.2 Å². The molecule has 0 radical (unpaired) electrons. The lowest BCUT2D eigenvalue weighted by atomic mass is 10.3. The molecular weight excluding hydrogens is 210 g/mol. The maximum Gasteiger partial charge on any atom is 0.148 e. The summed E-state index contributed by atoms with van der Waals surface area (Å²) in [5, 5.41) is 1.11. The zero-order valence-electron chi connectivity index (χ0n) is 9.88. The number of para-hydroxylation sites is 1. The van der Waals surface area contributed by atoms with Crippen LogP contribution in [-0.4, -0.2) is 14.5 Å². The van der Waals surface area contributed by atoms with Crippen molar-refractivity contribution in [1.29, 1.82) is 0 Å². The number of aryl methyl sites for hydroxylation is 2. The Kier molecular flexibility index (Phi) is 2.18. The van der Waals surface area contributed by atoms with Crippen LogP contribution in [0.5, 0.6) is 0 Å². The Morgan fingerprint density at radius 3 is 2.47 bits per heavy atom. The van der Waals surface area contributed by atoms with Crippen LogP contribution in [0.25, 0.3) is 16.7 Å². The Morgan fingerprint density at radius 1 is 0.941 bits per heavy atom. The third-order valence-corrected chi connectivity index (χ3v) is 2.88. The van der Waals surface area contributed by atoms with Crippen molar-refractivity contribution in [1.82, 2.24) is 14.5 Å². The number of aromatic nitrogens is 3. The number of benzene rings is 1. The molecule has 1 aromatic carbocycles. The molecule has 0 aliphatic heterocycles. The summed E-state index contributed by atoms with van der Waals surface area (Å²) in [4.78, 5) is 8.91. The molecule has 2 heterocycles. The second-order valence-electron chi connectivity index (χ2n) is 4.11. The lowest BCUT2D eigenvalue weighted by molar-refractivity contribution is 1.01. The lowest BCUT2D eigenvalue weighted by Gasteiger charge is -2.05. The topological polar surface area (TPSA) is 30.7 Å². The fourth-order valence-corrected chi connectivity index (χ4v) is 2.10. The highest BCUT2D eigenvalue weighted by atomic mass is 15.1. The summed E-state index contributed by atoms with van der Waals surface area (Å²) in [7, 11) is 0. The standard InChI is InChI=1S/C14H13N3/c1-10-13-8-9-17(12-6-4-3-5-7-12)14(13)16-11(2)15-10/h3-9H,1-2H3. The van der Waals surface area contributed by atoms with Crippen LogP contribution in [0, 0.1) is 13.8 Å². The first-order chi connectivity index (χ1) is 8.25. The third-order valence-electron chi connectivity index (χ3n) is 2.88. The molecule has 0 amide bonds. The predicted molar refractivity (Wildman–Crippen MR) is 68.3 cm³/mol. The highest BCUT2D eigenvalue weighted by Crippen LogP contribution is 2.20. The van der Waals surface area contributed by atoms with Gasteiger partial charge in [-0.25, -0.2) is 9.97 Å². The number of nitrogens with zero attached hydrogens (tertiary/aromatic N) is 3. The minimum absolute atomic E-state index is 0.811. The van der Waals surface area contributed by atoms with Gasteiger partial charge in [-0.2, -0.15) is 0 Å². The molecule has 3 aromatic rings. The molecule has 0 unspecified atom stereocenters. The fourth-order valence-electron chi connectivity index (χ4n) is 2.10. The monoisotopic (exact) mass is 223 g/mol. The van der Waals surface area contributed by atoms with E-state index in [9.17, 15) is 0 Å². The first-order valence-electron chi connectivity index (χ1n) is 5.63. The van der Waals surface area contributed by atoms with Gasteiger partial charge in [0.25, 0.3) is 0 Å². The molecule has 3 heteroatoms. The molecule has 0 fully saturated rings. The van der Waals surface area contributed by atoms with Crippen LogP contribution < -0.4 is 0 Å². The predicted octanol–water partition coefficient (Wildman–Crippen LogP) is 3.04. The van der Waals surface area contributed by atoms with E-state index in [1.54, 1.807) is 0 Å². The molecule has 0 aliphatic carbocycles. The Bertz CT molecular complexity index is 669. The summed E-state index contributed by atoms with van der Waals surface area (Å²) in [6.07, 6.45) is 2.04. The lowest BCUT2D eigenvalue weighted by Crippen LogP contribution is -1.97. The van der Waals surface area contributed by atoms with Gasteiger partial charge >= 0.3 is 0 Å². The summed E-state index contributed by atoms with van der Waals surface area (Å²) in [5.41, 5.74) is 3.13. The summed E-state index contributed by atoms with van der Waals surface area (Å²) in [5.74, 6) is 0.811. The largest absolute Gasteiger partial charge is 0.301 e. The van der Waals surface area contributed by atoms with Crippen LogP contribution in [0.3, 0.4) is 0 Å². The van der Waals surface area contributed by atoms with Gasteiger partial charge in [0.05, 0.1) is 5.69 Å². The highest BCUT2D eigenvalue weighted by Gasteiger charge is 2.07. The van der Waals surface area contributed by atoms with Crippen LogP contribution in [0.4, 0.5) is 0 Å². The molecule has 84 valence electrons. The number of hydrogen-bond acceptors (Lipinski definition) is 2. The number of rotatable bonds is 1. The minimum atomic E-state index is 0.811. The maximum absolute atomic E-state index is 4.52. The van der Waals surface area contributed by atoms with Crippen LogP contribution in [0.15, 0.2) is 42.6 Å². The fraction of sp³-hybridized carbons (Fsp3) is 0.143. The van der Waals surface area contributed by atoms with Crippen molar-refractivity contribution >= 4 is 11.0 Å². The van der Waals surface area contributed by atoms with Crippen molar-refractivity contribution in [2.24, 2.45) is 0 Å². The highest BCUT2D eigenvalue weighted by molar-refractivity contribution is 5.80. The van der Waals surface area contributed by atoms with Gasteiger partial charge in [0.2, 0.25) is 0 Å². The Morgan fingerprint density at radius 2 is 1.71 bits per heavy atom. The van der Waals surface area contributed by atoms with E-state index in [1.165, 1.54) is 0 Å². The van der Waals surface area contributed by atoms with Crippen LogP contribution in [-0.2, 0) is 0 Å². The Labute approximate surface area is 99.8 Å². The Hall–Kier alpha value is -2.16. The molecule has 0 saturated carbocycles. The van der Waals surface area contributed by atoms with Crippen LogP contribution in [0.1, 0.15) is 11.5 Å². The molecule has 0 saturated heterocycles. The van der Waals surface area contributed by atoms with E-state index < -0.39 is 0 Å². The normalized spacial score (nSPS) is 10.9. The maximum atomic E-state index is 4.52. The summed E-state index contributed by atoms with van der Waals surface area (Å²) >= 11 is 0. The molecule has 3 nitrogen and oxygen atoms in total. The third kappa shape index (κ3) is 1.60. The first kappa shape index (κ1) is 10.0. The van der Waals surface area contributed by atoms with E-state index in [-0.39, 0.29) is 0 Å².